The molecule has 0 aliphatic carbocycles. The Kier molecular flexibility index (Phi) is 2.70. The molecule has 0 saturated carbocycles. The van der Waals surface area contributed by atoms with Gasteiger partial charge in [0.15, 0.2) is 0 Å². The second-order valence-corrected chi connectivity index (χ2v) is 4.52. The summed E-state index contributed by atoms with van der Waals surface area (Å²) in [6.45, 7) is 0.543. The van der Waals surface area contributed by atoms with Gasteiger partial charge < -0.3 is 9.64 Å². The highest BCUT2D eigenvalue weighted by Crippen LogP contribution is 2.34. The van der Waals surface area contributed by atoms with Crippen molar-refractivity contribution >= 4 is 23.8 Å². The van der Waals surface area contributed by atoms with E-state index in [4.69, 9.17) is 4.74 Å². The monoisotopic (exact) mass is 259 g/mol. The zero-order valence-electron chi connectivity index (χ0n) is 10.4. The number of amides is 2. The van der Waals surface area contributed by atoms with Crippen LogP contribution in [0.3, 0.4) is 0 Å². The summed E-state index contributed by atoms with van der Waals surface area (Å²) in [5, 5.41) is 2.30. The number of para-hydroxylation sites is 1. The first kappa shape index (κ1) is 11.7. The van der Waals surface area contributed by atoms with Crippen molar-refractivity contribution in [2.24, 2.45) is 4.99 Å². The van der Waals surface area contributed by atoms with Crippen LogP contribution >= 0.6 is 0 Å². The van der Waals surface area contributed by atoms with Crippen molar-refractivity contribution in [1.82, 2.24) is 10.2 Å². The predicted octanol–water partition coefficient (Wildman–Crippen LogP) is 0.586. The van der Waals surface area contributed by atoms with Gasteiger partial charge in [-0.05, 0) is 6.07 Å². The van der Waals surface area contributed by atoms with Crippen LogP contribution in [0.1, 0.15) is 12.0 Å². The molecule has 6 heteroatoms. The molecule has 1 fully saturated rings. The van der Waals surface area contributed by atoms with E-state index < -0.39 is 6.04 Å². The molecule has 1 aromatic rings. The summed E-state index contributed by atoms with van der Waals surface area (Å²) in [5.74, 6) is 0.211. The second-order valence-electron chi connectivity index (χ2n) is 4.52. The predicted molar refractivity (Wildman–Crippen MR) is 68.2 cm³/mol. The highest BCUT2D eigenvalue weighted by Gasteiger charge is 2.35. The summed E-state index contributed by atoms with van der Waals surface area (Å²) in [5.41, 5.74) is 1.76. The van der Waals surface area contributed by atoms with Gasteiger partial charge in [0, 0.05) is 12.1 Å². The number of imide groups is 1. The first-order valence-corrected chi connectivity index (χ1v) is 5.98. The van der Waals surface area contributed by atoms with Gasteiger partial charge in [0.1, 0.15) is 17.5 Å². The molecular formula is C13H13N3O3. The van der Waals surface area contributed by atoms with Gasteiger partial charge in [-0.1, -0.05) is 12.1 Å². The largest absolute Gasteiger partial charge is 0.494 e. The van der Waals surface area contributed by atoms with E-state index in [1.165, 1.54) is 0 Å². The van der Waals surface area contributed by atoms with E-state index in [0.29, 0.717) is 12.3 Å². The highest BCUT2D eigenvalue weighted by molar-refractivity contribution is 6.06. The summed E-state index contributed by atoms with van der Waals surface area (Å²) in [6, 6.07) is 5.21. The van der Waals surface area contributed by atoms with E-state index in [2.05, 4.69) is 10.3 Å². The van der Waals surface area contributed by atoms with E-state index in [1.807, 2.05) is 18.2 Å². The molecular weight excluding hydrogens is 246 g/mol. The third-order valence-corrected chi connectivity index (χ3v) is 3.33. The van der Waals surface area contributed by atoms with Gasteiger partial charge in [-0.3, -0.25) is 14.9 Å². The lowest BCUT2D eigenvalue weighted by Gasteiger charge is -2.28. The van der Waals surface area contributed by atoms with Gasteiger partial charge in [-0.15, -0.1) is 0 Å². The second kappa shape index (κ2) is 4.38. The third kappa shape index (κ3) is 1.95. The fourth-order valence-corrected chi connectivity index (χ4v) is 2.37. The molecule has 2 aliphatic rings. The average Bonchev–Trinajstić information content (AvgIpc) is 2.76. The standard InChI is InChI=1S/C13H13N3O3/c1-19-10-4-2-3-8-6-16(7-14-12(8)10)9-5-11(17)15-13(9)18/h2-4,7,9H,5-6H2,1H3,(H,15,17,18). The van der Waals surface area contributed by atoms with Crippen molar-refractivity contribution < 1.29 is 14.3 Å². The van der Waals surface area contributed by atoms with Gasteiger partial charge in [0.25, 0.3) is 0 Å². The lowest BCUT2D eigenvalue weighted by molar-refractivity contribution is -0.125. The van der Waals surface area contributed by atoms with Crippen molar-refractivity contribution in [2.75, 3.05) is 7.11 Å². The Hall–Kier alpha value is -2.37. The maximum atomic E-state index is 11.7. The molecule has 19 heavy (non-hydrogen) atoms. The van der Waals surface area contributed by atoms with E-state index in [1.54, 1.807) is 18.3 Å². The zero-order chi connectivity index (χ0) is 13.4. The number of aliphatic imine (C=N–C) groups is 1. The SMILES string of the molecule is COc1cccc2c1N=CN(C1CC(=O)NC1=O)C2. The average molecular weight is 259 g/mol. The topological polar surface area (TPSA) is 71.0 Å². The maximum absolute atomic E-state index is 11.7. The molecule has 0 radical (unpaired) electrons. The van der Waals surface area contributed by atoms with Gasteiger partial charge in [0.2, 0.25) is 11.8 Å². The number of hydrogen-bond donors (Lipinski definition) is 1. The normalized spacial score (nSPS) is 21.3. The molecule has 3 rings (SSSR count). The maximum Gasteiger partial charge on any atom is 0.249 e. The van der Waals surface area contributed by atoms with Crippen molar-refractivity contribution in [3.05, 3.63) is 23.8 Å². The fraction of sp³-hybridized carbons (Fsp3) is 0.308. The zero-order valence-corrected chi connectivity index (χ0v) is 10.4. The van der Waals surface area contributed by atoms with E-state index in [0.717, 1.165) is 11.3 Å². The molecule has 1 N–H and O–H groups in total. The summed E-state index contributed by atoms with van der Waals surface area (Å²) >= 11 is 0. The molecule has 2 amide bonds. The Morgan fingerprint density at radius 2 is 2.26 bits per heavy atom. The number of fused-ring (bicyclic) bond motifs is 1. The van der Waals surface area contributed by atoms with E-state index in [9.17, 15) is 9.59 Å². The lowest BCUT2D eigenvalue weighted by Crippen LogP contribution is -2.40. The van der Waals surface area contributed by atoms with Crippen LogP contribution < -0.4 is 10.1 Å². The number of hydrogen-bond acceptors (Lipinski definition) is 5. The minimum atomic E-state index is -0.462. The van der Waals surface area contributed by atoms with Crippen LogP contribution in [0.15, 0.2) is 23.2 Å². The number of nitrogens with one attached hydrogen (secondary N) is 1. The highest BCUT2D eigenvalue weighted by atomic mass is 16.5. The smallest absolute Gasteiger partial charge is 0.249 e. The quantitative estimate of drug-likeness (QED) is 0.789. The van der Waals surface area contributed by atoms with Gasteiger partial charge >= 0.3 is 0 Å². The Bertz CT molecular complexity index is 582. The van der Waals surface area contributed by atoms with Gasteiger partial charge in [-0.2, -0.15) is 0 Å². The number of benzene rings is 1. The van der Waals surface area contributed by atoms with Crippen LogP contribution in [0.4, 0.5) is 5.69 Å². The molecule has 1 aromatic carbocycles. The van der Waals surface area contributed by atoms with Crippen LogP contribution in [0.5, 0.6) is 5.75 Å². The van der Waals surface area contributed by atoms with Gasteiger partial charge in [0.05, 0.1) is 19.9 Å². The number of carbonyl (C=O) groups excluding carboxylic acids is 2. The summed E-state index contributed by atoms with van der Waals surface area (Å²) in [7, 11) is 1.60. The van der Waals surface area contributed by atoms with Crippen LogP contribution in [0, 0.1) is 0 Å². The van der Waals surface area contributed by atoms with Crippen molar-refractivity contribution in [3.63, 3.8) is 0 Å². The summed E-state index contributed by atoms with van der Waals surface area (Å²) in [6.07, 6.45) is 1.79. The first-order chi connectivity index (χ1) is 9.19. The molecule has 0 spiro atoms. The Morgan fingerprint density at radius 1 is 1.42 bits per heavy atom. The van der Waals surface area contributed by atoms with E-state index in [-0.39, 0.29) is 18.2 Å². The van der Waals surface area contributed by atoms with E-state index >= 15 is 0 Å². The van der Waals surface area contributed by atoms with Crippen molar-refractivity contribution in [2.45, 2.75) is 19.0 Å². The molecule has 1 saturated heterocycles. The Morgan fingerprint density at radius 3 is 2.95 bits per heavy atom. The van der Waals surface area contributed by atoms with Crippen LogP contribution in [0.25, 0.3) is 0 Å². The molecule has 2 heterocycles. The summed E-state index contributed by atoms with van der Waals surface area (Å²) < 4.78 is 5.25. The lowest BCUT2D eigenvalue weighted by atomic mass is 10.1. The molecule has 1 unspecified atom stereocenters. The molecule has 6 nitrogen and oxygen atoms in total. The third-order valence-electron chi connectivity index (χ3n) is 3.33. The molecule has 98 valence electrons. The van der Waals surface area contributed by atoms with Crippen molar-refractivity contribution in [3.8, 4) is 5.75 Å². The first-order valence-electron chi connectivity index (χ1n) is 5.98. The molecule has 1 atom stereocenters. The van der Waals surface area contributed by atoms with Crippen LogP contribution in [-0.4, -0.2) is 36.2 Å². The molecule has 2 aliphatic heterocycles. The number of rotatable bonds is 2. The number of nitrogens with zero attached hydrogens (tertiary/aromatic N) is 2. The number of carbonyl (C=O) groups is 2. The molecule has 0 aromatic heterocycles. The fourth-order valence-electron chi connectivity index (χ4n) is 2.37. The van der Waals surface area contributed by atoms with Crippen LogP contribution in [-0.2, 0) is 16.1 Å². The Balaban J connectivity index is 1.88. The van der Waals surface area contributed by atoms with Crippen LogP contribution in [0.2, 0.25) is 0 Å². The minimum absolute atomic E-state index is 0.185. The number of ether oxygens (including phenoxy) is 1. The number of methoxy groups -OCH3 is 1. The minimum Gasteiger partial charge on any atom is -0.494 e. The van der Waals surface area contributed by atoms with Crippen molar-refractivity contribution in [1.29, 1.82) is 0 Å². The molecule has 0 bridgehead atoms. The Labute approximate surface area is 110 Å². The van der Waals surface area contributed by atoms with Gasteiger partial charge in [-0.25, -0.2) is 4.99 Å². The summed E-state index contributed by atoms with van der Waals surface area (Å²) in [4.78, 5) is 29.0.